The summed E-state index contributed by atoms with van der Waals surface area (Å²) in [6.07, 6.45) is 64.0. The van der Waals surface area contributed by atoms with Crippen molar-refractivity contribution in [2.75, 3.05) is 26.4 Å². The molecule has 0 radical (unpaired) electrons. The molecule has 74 heavy (non-hydrogen) atoms. The third kappa shape index (κ3) is 53.5. The number of carbonyl (C=O) groups excluding carboxylic acids is 3. The molecule has 0 amide bonds. The summed E-state index contributed by atoms with van der Waals surface area (Å²) < 4.78 is 39.5. The van der Waals surface area contributed by atoms with E-state index in [1.807, 2.05) is 0 Å². The van der Waals surface area contributed by atoms with Gasteiger partial charge in [0, 0.05) is 19.3 Å². The molecule has 11 nitrogen and oxygen atoms in total. The first kappa shape index (κ1) is 70.7. The molecule has 0 aromatic heterocycles. The Balaban J connectivity index is 4.76. The molecule has 0 heterocycles. The van der Waals surface area contributed by atoms with Crippen molar-refractivity contribution < 1.29 is 52.2 Å². The summed E-state index contributed by atoms with van der Waals surface area (Å²) in [7, 11) is -4.76. The first-order chi connectivity index (χ1) is 36.2. The first-order valence-corrected chi connectivity index (χ1v) is 31.0. The lowest BCUT2D eigenvalue weighted by atomic mass is 10.0. The standard InChI is InChI=1S/C62H107O11P/c1-4-7-10-13-16-19-22-25-28-29-32-33-36-39-42-45-48-51-60(64)69-55-59(73-62(66)53-50-47-44-41-38-35-31-27-24-21-18-15-12-9-6-3)57-71-74(67,68)70-56-58(54-63)72-61(65)52-49-46-43-40-37-34-30-26-23-20-17-14-11-8-5-2/h7,9-10,12,16,18-19,21,25,27-28,31,38,41,58-59,63H,4-6,8,11,13-15,17,20,22-24,26,29-30,32-37,39-40,42-57H2,1-3H3,(H,67,68)/b10-7-,12-9-,19-16-,21-18-,28-25-,31-27-,41-38-. The van der Waals surface area contributed by atoms with E-state index in [-0.39, 0.29) is 25.9 Å². The summed E-state index contributed by atoms with van der Waals surface area (Å²) in [6.45, 7) is 4.38. The van der Waals surface area contributed by atoms with Crippen LogP contribution in [0.1, 0.15) is 252 Å². The molecule has 0 fully saturated rings. The van der Waals surface area contributed by atoms with Crippen molar-refractivity contribution in [2.24, 2.45) is 0 Å². The number of esters is 3. The van der Waals surface area contributed by atoms with Crippen molar-refractivity contribution in [2.45, 2.75) is 264 Å². The number of aliphatic hydroxyl groups excluding tert-OH is 1. The summed E-state index contributed by atoms with van der Waals surface area (Å²) in [5.74, 6) is -1.52. The second-order valence-corrected chi connectivity index (χ2v) is 20.9. The average Bonchev–Trinajstić information content (AvgIpc) is 3.39. The van der Waals surface area contributed by atoms with Gasteiger partial charge in [0.15, 0.2) is 6.10 Å². The fourth-order valence-electron chi connectivity index (χ4n) is 7.89. The van der Waals surface area contributed by atoms with E-state index in [2.05, 4.69) is 106 Å². The fourth-order valence-corrected chi connectivity index (χ4v) is 8.68. The van der Waals surface area contributed by atoms with E-state index in [9.17, 15) is 28.9 Å². The number of unbranched alkanes of at least 4 members (excludes halogenated alkanes) is 23. The zero-order valence-corrected chi connectivity index (χ0v) is 47.9. The molecular formula is C62H107O11P. The zero-order chi connectivity index (χ0) is 54.1. The normalized spacial score (nSPS) is 14.0. The van der Waals surface area contributed by atoms with E-state index in [1.54, 1.807) is 0 Å². The Bertz CT molecular complexity index is 1560. The van der Waals surface area contributed by atoms with Gasteiger partial charge in [-0.15, -0.1) is 0 Å². The van der Waals surface area contributed by atoms with E-state index in [0.29, 0.717) is 19.3 Å². The fraction of sp³-hybridized carbons (Fsp3) is 0.726. The van der Waals surface area contributed by atoms with Gasteiger partial charge >= 0.3 is 25.7 Å². The molecule has 0 saturated carbocycles. The van der Waals surface area contributed by atoms with Crippen LogP contribution in [0.25, 0.3) is 0 Å². The maximum Gasteiger partial charge on any atom is 0.472 e. The van der Waals surface area contributed by atoms with Crippen LogP contribution >= 0.6 is 7.82 Å². The van der Waals surface area contributed by atoms with E-state index in [4.69, 9.17) is 23.3 Å². The Hall–Kier alpha value is -3.34. The largest absolute Gasteiger partial charge is 0.472 e. The number of phosphoric ester groups is 1. The van der Waals surface area contributed by atoms with Gasteiger partial charge < -0.3 is 24.2 Å². The monoisotopic (exact) mass is 1060 g/mol. The molecule has 0 saturated heterocycles. The van der Waals surface area contributed by atoms with E-state index >= 15 is 0 Å². The lowest BCUT2D eigenvalue weighted by Gasteiger charge is -2.21. The van der Waals surface area contributed by atoms with Crippen molar-refractivity contribution in [3.63, 3.8) is 0 Å². The van der Waals surface area contributed by atoms with Crippen LogP contribution in [0.2, 0.25) is 0 Å². The molecule has 0 aromatic rings. The molecule has 0 aliphatic rings. The number of carbonyl (C=O) groups is 3. The third-order valence-electron chi connectivity index (χ3n) is 12.3. The zero-order valence-electron chi connectivity index (χ0n) is 47.0. The summed E-state index contributed by atoms with van der Waals surface area (Å²) >= 11 is 0. The first-order valence-electron chi connectivity index (χ1n) is 29.5. The number of hydrogen-bond acceptors (Lipinski definition) is 10. The highest BCUT2D eigenvalue weighted by molar-refractivity contribution is 7.47. The Labute approximate surface area is 451 Å². The quantitative estimate of drug-likeness (QED) is 0.0197. The molecule has 0 aliphatic heterocycles. The SMILES string of the molecule is CC/C=C\C/C=C\C/C=C\C/C=C\CCCCC(=O)OC(COC(=O)CCCCCCCCC/C=C\C/C=C\C/C=C\CC)COP(=O)(O)OCC(CO)OC(=O)CCCCCCCCCCCCCCCCC. The second-order valence-electron chi connectivity index (χ2n) is 19.4. The maximum atomic E-state index is 12.9. The Morgan fingerprint density at radius 1 is 0.392 bits per heavy atom. The Morgan fingerprint density at radius 2 is 0.703 bits per heavy atom. The summed E-state index contributed by atoms with van der Waals surface area (Å²) in [5, 5.41) is 9.82. The van der Waals surface area contributed by atoms with Crippen molar-refractivity contribution in [3.8, 4) is 0 Å². The molecule has 0 aromatic carbocycles. The second kappa shape index (κ2) is 55.9. The van der Waals surface area contributed by atoms with Gasteiger partial charge in [0.05, 0.1) is 19.8 Å². The lowest BCUT2D eigenvalue weighted by molar-refractivity contribution is -0.161. The number of hydrogen-bond donors (Lipinski definition) is 2. The number of phosphoric acid groups is 1. The number of ether oxygens (including phenoxy) is 3. The average molecular weight is 1060 g/mol. The summed E-state index contributed by atoms with van der Waals surface area (Å²) in [6, 6.07) is 0. The van der Waals surface area contributed by atoms with Gasteiger partial charge in [-0.05, 0) is 89.9 Å². The molecule has 3 atom stereocenters. The molecule has 2 N–H and O–H groups in total. The van der Waals surface area contributed by atoms with Crippen molar-refractivity contribution in [1.29, 1.82) is 0 Å². The van der Waals surface area contributed by atoms with E-state index < -0.39 is 57.8 Å². The highest BCUT2D eigenvalue weighted by atomic mass is 31.2. The predicted octanol–water partition coefficient (Wildman–Crippen LogP) is 17.5. The number of rotatable bonds is 54. The molecular weight excluding hydrogens is 952 g/mol. The van der Waals surface area contributed by atoms with E-state index in [0.717, 1.165) is 109 Å². The van der Waals surface area contributed by atoms with Crippen molar-refractivity contribution in [1.82, 2.24) is 0 Å². The van der Waals surface area contributed by atoms with Crippen LogP contribution < -0.4 is 0 Å². The topological polar surface area (TPSA) is 155 Å². The highest BCUT2D eigenvalue weighted by Crippen LogP contribution is 2.43. The van der Waals surface area contributed by atoms with Crippen LogP contribution in [0.15, 0.2) is 85.1 Å². The minimum atomic E-state index is -4.76. The Morgan fingerprint density at radius 3 is 1.11 bits per heavy atom. The van der Waals surface area contributed by atoms with Crippen LogP contribution in [0.3, 0.4) is 0 Å². The maximum absolute atomic E-state index is 12.9. The van der Waals surface area contributed by atoms with Crippen LogP contribution in [0.4, 0.5) is 0 Å². The smallest absolute Gasteiger partial charge is 0.462 e. The van der Waals surface area contributed by atoms with Crippen LogP contribution in [0.5, 0.6) is 0 Å². The molecule has 3 unspecified atom stereocenters. The van der Waals surface area contributed by atoms with Crippen LogP contribution in [0, 0.1) is 0 Å². The molecule has 0 rings (SSSR count). The van der Waals surface area contributed by atoms with Gasteiger partial charge in [-0.25, -0.2) is 4.57 Å². The van der Waals surface area contributed by atoms with Gasteiger partial charge in [0.1, 0.15) is 12.7 Å². The highest BCUT2D eigenvalue weighted by Gasteiger charge is 2.28. The number of allylic oxidation sites excluding steroid dienone is 14. The molecule has 0 aliphatic carbocycles. The van der Waals surface area contributed by atoms with Crippen LogP contribution in [-0.4, -0.2) is 66.5 Å². The minimum Gasteiger partial charge on any atom is -0.462 e. The predicted molar refractivity (Wildman–Crippen MR) is 307 cm³/mol. The minimum absolute atomic E-state index is 0.111. The van der Waals surface area contributed by atoms with Crippen LogP contribution in [-0.2, 0) is 42.2 Å². The molecule has 0 bridgehead atoms. The summed E-state index contributed by atoms with van der Waals surface area (Å²) in [5.41, 5.74) is 0. The van der Waals surface area contributed by atoms with Crippen molar-refractivity contribution >= 4 is 25.7 Å². The summed E-state index contributed by atoms with van der Waals surface area (Å²) in [4.78, 5) is 48.6. The molecule has 12 heteroatoms. The van der Waals surface area contributed by atoms with Gasteiger partial charge in [0.25, 0.3) is 0 Å². The van der Waals surface area contributed by atoms with Crippen molar-refractivity contribution in [3.05, 3.63) is 85.1 Å². The van der Waals surface area contributed by atoms with E-state index in [1.165, 1.54) is 83.5 Å². The Kier molecular flexibility index (Phi) is 53.4. The number of aliphatic hydroxyl groups is 1. The van der Waals surface area contributed by atoms with Gasteiger partial charge in [0.2, 0.25) is 0 Å². The van der Waals surface area contributed by atoms with Gasteiger partial charge in [-0.1, -0.05) is 228 Å². The lowest BCUT2D eigenvalue weighted by Crippen LogP contribution is -2.30. The third-order valence-corrected chi connectivity index (χ3v) is 13.3. The molecule has 0 spiro atoms. The van der Waals surface area contributed by atoms with Gasteiger partial charge in [-0.3, -0.25) is 23.4 Å². The molecule has 426 valence electrons. The van der Waals surface area contributed by atoms with Gasteiger partial charge in [-0.2, -0.15) is 0 Å².